The Morgan fingerprint density at radius 2 is 2.29 bits per heavy atom. The van der Waals surface area contributed by atoms with Gasteiger partial charge < -0.3 is 5.32 Å². The number of aryl methyl sites for hydroxylation is 1. The SMILES string of the molecule is Cc1cc(NC(=O)C2CCCN(S(=O)(=O)c3ccc(Br)s3)C2)n[nH]1. The first kappa shape index (κ1) is 17.6. The Labute approximate surface area is 152 Å². The summed E-state index contributed by atoms with van der Waals surface area (Å²) in [5, 5.41) is 9.48. The summed E-state index contributed by atoms with van der Waals surface area (Å²) in [6.45, 7) is 2.47. The molecule has 3 heterocycles. The van der Waals surface area contributed by atoms with Crippen molar-refractivity contribution in [3.63, 3.8) is 0 Å². The van der Waals surface area contributed by atoms with E-state index in [4.69, 9.17) is 0 Å². The number of nitrogens with zero attached hydrogens (tertiary/aromatic N) is 2. The molecule has 0 spiro atoms. The van der Waals surface area contributed by atoms with Crippen LogP contribution in [0.4, 0.5) is 5.82 Å². The number of anilines is 1. The fourth-order valence-corrected chi connectivity index (χ4v) is 6.34. The van der Waals surface area contributed by atoms with Crippen LogP contribution in [0.1, 0.15) is 18.5 Å². The van der Waals surface area contributed by atoms with Gasteiger partial charge in [0.15, 0.2) is 5.82 Å². The average Bonchev–Trinajstić information content (AvgIpc) is 3.16. The lowest BCUT2D eigenvalue weighted by Crippen LogP contribution is -2.43. The molecule has 3 rings (SSSR count). The van der Waals surface area contributed by atoms with E-state index in [1.165, 1.54) is 15.6 Å². The van der Waals surface area contributed by atoms with Crippen molar-refractivity contribution in [3.05, 3.63) is 27.7 Å². The number of sulfonamides is 1. The van der Waals surface area contributed by atoms with Crippen LogP contribution in [-0.4, -0.2) is 41.9 Å². The van der Waals surface area contributed by atoms with E-state index < -0.39 is 10.0 Å². The van der Waals surface area contributed by atoms with Crippen LogP contribution >= 0.6 is 27.3 Å². The monoisotopic (exact) mass is 432 g/mol. The summed E-state index contributed by atoms with van der Waals surface area (Å²) in [7, 11) is -3.56. The maximum atomic E-state index is 12.7. The first-order chi connectivity index (χ1) is 11.4. The van der Waals surface area contributed by atoms with E-state index in [0.717, 1.165) is 9.48 Å². The van der Waals surface area contributed by atoms with Gasteiger partial charge in [-0.15, -0.1) is 11.3 Å². The van der Waals surface area contributed by atoms with Crippen molar-refractivity contribution in [1.82, 2.24) is 14.5 Å². The Kier molecular flexibility index (Phi) is 5.09. The summed E-state index contributed by atoms with van der Waals surface area (Å²) in [4.78, 5) is 12.4. The zero-order chi connectivity index (χ0) is 17.3. The van der Waals surface area contributed by atoms with Gasteiger partial charge in [-0.1, -0.05) is 0 Å². The molecule has 1 aliphatic heterocycles. The molecule has 0 aliphatic carbocycles. The predicted octanol–water partition coefficient (Wildman–Crippen LogP) is 2.58. The van der Waals surface area contributed by atoms with Gasteiger partial charge >= 0.3 is 0 Å². The number of halogens is 1. The van der Waals surface area contributed by atoms with Crippen LogP contribution in [-0.2, 0) is 14.8 Å². The van der Waals surface area contributed by atoms with Gasteiger partial charge in [-0.3, -0.25) is 9.89 Å². The number of amides is 1. The smallest absolute Gasteiger partial charge is 0.252 e. The number of rotatable bonds is 4. The topological polar surface area (TPSA) is 95.2 Å². The van der Waals surface area contributed by atoms with E-state index in [0.29, 0.717) is 29.4 Å². The van der Waals surface area contributed by atoms with Crippen LogP contribution in [0.25, 0.3) is 0 Å². The molecule has 2 aromatic heterocycles. The maximum absolute atomic E-state index is 12.7. The second-order valence-electron chi connectivity index (χ2n) is 5.69. The molecule has 2 aromatic rings. The highest BCUT2D eigenvalue weighted by Gasteiger charge is 2.34. The first-order valence-electron chi connectivity index (χ1n) is 7.44. The third kappa shape index (κ3) is 3.71. The quantitative estimate of drug-likeness (QED) is 0.775. The van der Waals surface area contributed by atoms with Gasteiger partial charge in [0.1, 0.15) is 4.21 Å². The van der Waals surface area contributed by atoms with Crippen molar-refractivity contribution in [2.45, 2.75) is 24.0 Å². The second-order valence-corrected chi connectivity index (χ2v) is 10.3. The van der Waals surface area contributed by atoms with Gasteiger partial charge in [0.2, 0.25) is 5.91 Å². The Balaban J connectivity index is 1.71. The van der Waals surface area contributed by atoms with Crippen molar-refractivity contribution in [3.8, 4) is 0 Å². The molecule has 1 fully saturated rings. The number of hydrogen-bond donors (Lipinski definition) is 2. The van der Waals surface area contributed by atoms with Gasteiger partial charge in [-0.05, 0) is 47.8 Å². The molecule has 1 aliphatic rings. The van der Waals surface area contributed by atoms with Crippen molar-refractivity contribution >= 4 is 49.0 Å². The van der Waals surface area contributed by atoms with Crippen molar-refractivity contribution in [2.75, 3.05) is 18.4 Å². The minimum Gasteiger partial charge on any atom is -0.309 e. The Bertz CT molecular complexity index is 846. The third-order valence-electron chi connectivity index (χ3n) is 3.85. The number of carbonyl (C=O) groups is 1. The maximum Gasteiger partial charge on any atom is 0.252 e. The molecule has 1 unspecified atom stereocenters. The summed E-state index contributed by atoms with van der Waals surface area (Å²) in [6.07, 6.45) is 1.32. The summed E-state index contributed by atoms with van der Waals surface area (Å²) in [5.41, 5.74) is 0.849. The molecule has 2 N–H and O–H groups in total. The van der Waals surface area contributed by atoms with Gasteiger partial charge in [-0.2, -0.15) is 9.40 Å². The zero-order valence-electron chi connectivity index (χ0n) is 13.0. The lowest BCUT2D eigenvalue weighted by Gasteiger charge is -2.30. The van der Waals surface area contributed by atoms with Crippen LogP contribution in [0.15, 0.2) is 26.2 Å². The summed E-state index contributed by atoms with van der Waals surface area (Å²) < 4.78 is 27.8. The highest BCUT2D eigenvalue weighted by Crippen LogP contribution is 2.31. The number of carbonyl (C=O) groups excluding carboxylic acids is 1. The lowest BCUT2D eigenvalue weighted by atomic mass is 9.99. The lowest BCUT2D eigenvalue weighted by molar-refractivity contribution is -0.120. The molecule has 0 saturated carbocycles. The molecular formula is C14H17BrN4O3S2. The molecule has 10 heteroatoms. The Morgan fingerprint density at radius 3 is 2.92 bits per heavy atom. The average molecular weight is 433 g/mol. The van der Waals surface area contributed by atoms with Crippen LogP contribution < -0.4 is 5.32 Å². The molecule has 1 atom stereocenters. The van der Waals surface area contributed by atoms with Gasteiger partial charge in [0, 0.05) is 24.8 Å². The van der Waals surface area contributed by atoms with Crippen LogP contribution in [0.2, 0.25) is 0 Å². The van der Waals surface area contributed by atoms with Crippen LogP contribution in [0.5, 0.6) is 0 Å². The number of piperidine rings is 1. The number of hydrogen-bond acceptors (Lipinski definition) is 5. The molecule has 0 aromatic carbocycles. The normalized spacial score (nSPS) is 19.3. The van der Waals surface area contributed by atoms with E-state index in [1.54, 1.807) is 18.2 Å². The third-order valence-corrected chi connectivity index (χ3v) is 7.81. The Morgan fingerprint density at radius 1 is 1.50 bits per heavy atom. The van der Waals surface area contributed by atoms with E-state index in [-0.39, 0.29) is 18.4 Å². The minimum atomic E-state index is -3.56. The first-order valence-corrected chi connectivity index (χ1v) is 10.5. The minimum absolute atomic E-state index is 0.188. The molecule has 7 nitrogen and oxygen atoms in total. The van der Waals surface area contributed by atoms with Gasteiger partial charge in [0.25, 0.3) is 10.0 Å². The van der Waals surface area contributed by atoms with Crippen LogP contribution in [0.3, 0.4) is 0 Å². The van der Waals surface area contributed by atoms with E-state index in [2.05, 4.69) is 31.4 Å². The molecule has 24 heavy (non-hydrogen) atoms. The summed E-state index contributed by atoms with van der Waals surface area (Å²) >= 11 is 4.46. The van der Waals surface area contributed by atoms with Crippen molar-refractivity contribution < 1.29 is 13.2 Å². The van der Waals surface area contributed by atoms with Gasteiger partial charge in [-0.25, -0.2) is 8.42 Å². The van der Waals surface area contributed by atoms with E-state index in [1.807, 2.05) is 6.92 Å². The van der Waals surface area contributed by atoms with E-state index in [9.17, 15) is 13.2 Å². The summed E-state index contributed by atoms with van der Waals surface area (Å²) in [6, 6.07) is 5.03. The number of H-pyrrole nitrogens is 1. The second kappa shape index (κ2) is 6.95. The number of aromatic amines is 1. The molecule has 0 radical (unpaired) electrons. The Hall–Kier alpha value is -1.23. The van der Waals surface area contributed by atoms with Crippen LogP contribution in [0, 0.1) is 12.8 Å². The highest BCUT2D eigenvalue weighted by molar-refractivity contribution is 9.11. The molecule has 130 valence electrons. The fourth-order valence-electron chi connectivity index (χ4n) is 2.65. The number of nitrogens with one attached hydrogen (secondary N) is 2. The molecule has 0 bridgehead atoms. The number of thiophene rings is 1. The molecule has 1 amide bonds. The zero-order valence-corrected chi connectivity index (χ0v) is 16.2. The van der Waals surface area contributed by atoms with Gasteiger partial charge in [0.05, 0.1) is 9.70 Å². The fraction of sp³-hybridized carbons (Fsp3) is 0.429. The predicted molar refractivity (Wildman–Crippen MR) is 95.5 cm³/mol. The van der Waals surface area contributed by atoms with Crippen molar-refractivity contribution in [1.29, 1.82) is 0 Å². The largest absolute Gasteiger partial charge is 0.309 e. The highest BCUT2D eigenvalue weighted by atomic mass is 79.9. The summed E-state index contributed by atoms with van der Waals surface area (Å²) in [5.74, 6) is -0.123. The van der Waals surface area contributed by atoms with Crippen molar-refractivity contribution in [2.24, 2.45) is 5.92 Å². The number of aromatic nitrogens is 2. The molecular weight excluding hydrogens is 416 g/mol. The van der Waals surface area contributed by atoms with E-state index >= 15 is 0 Å². The standard InChI is InChI=1S/C14H17BrN4O3S2/c1-9-7-12(18-17-9)16-14(20)10-3-2-6-19(8-10)24(21,22)13-5-4-11(15)23-13/h4-5,7,10H,2-3,6,8H2,1H3,(H2,16,17,18,20). The molecule has 1 saturated heterocycles.